The molecule has 1 N–H and O–H groups in total. The molecule has 0 fully saturated rings. The second kappa shape index (κ2) is 3.74. The van der Waals surface area contributed by atoms with Crippen molar-refractivity contribution in [1.82, 2.24) is 0 Å². The molecule has 1 unspecified atom stereocenters. The minimum Gasteiger partial charge on any atom is -0.342 e. The Bertz CT molecular complexity index is 23.6. The van der Waals surface area contributed by atoms with E-state index < -0.39 is 6.02 Å². The van der Waals surface area contributed by atoms with Crippen molar-refractivity contribution >= 4 is 44.3 Å². The lowest BCUT2D eigenvalue weighted by molar-refractivity contribution is 0.562. The van der Waals surface area contributed by atoms with E-state index in [4.69, 9.17) is 4.89 Å². The zero-order valence-corrected chi connectivity index (χ0v) is 6.70. The Morgan fingerprint density at radius 1 is 2.00 bits per heavy atom. The first-order valence-electron chi connectivity index (χ1n) is 0.706. The van der Waals surface area contributed by atoms with Crippen LogP contribution in [0.5, 0.6) is 0 Å². The van der Waals surface area contributed by atoms with E-state index in [0.29, 0.717) is 0 Å². The van der Waals surface area contributed by atoms with Crippen LogP contribution in [0.25, 0.3) is 0 Å². The number of halogens is 2. The van der Waals surface area contributed by atoms with Gasteiger partial charge in [-0.25, -0.2) is 3.62 Å². The summed E-state index contributed by atoms with van der Waals surface area (Å²) in [6.07, 6.45) is 0. The lowest BCUT2D eigenvalue weighted by Gasteiger charge is -1.85. The van der Waals surface area contributed by atoms with E-state index in [2.05, 4.69) is 19.9 Å². The minimum absolute atomic E-state index is 1.21. The van der Waals surface area contributed by atoms with Crippen molar-refractivity contribution in [3.63, 3.8) is 0 Å². The second-order valence-corrected chi connectivity index (χ2v) is 4.23. The topological polar surface area (TPSA) is 29.5 Å². The van der Waals surface area contributed by atoms with Crippen molar-refractivity contribution in [2.45, 2.75) is 0 Å². The lowest BCUT2D eigenvalue weighted by Crippen LogP contribution is -1.46. The van der Waals surface area contributed by atoms with E-state index in [0.717, 1.165) is 0 Å². The van der Waals surface area contributed by atoms with E-state index in [1.807, 2.05) is 0 Å². The Morgan fingerprint density at radius 2 is 2.20 bits per heavy atom. The van der Waals surface area contributed by atoms with Gasteiger partial charge < -0.3 is 4.89 Å². The molecule has 5 heteroatoms. The van der Waals surface area contributed by atoms with Gasteiger partial charge in [-0.2, -0.15) is 0 Å². The average Bonchev–Trinajstić information content (AvgIpc) is 1.38. The van der Waals surface area contributed by atoms with Crippen molar-refractivity contribution in [2.24, 2.45) is 0 Å². The smallest absolute Gasteiger partial charge is 0.249 e. The van der Waals surface area contributed by atoms with Crippen LogP contribution in [-0.2, 0) is 3.62 Å². The fourth-order valence-electron chi connectivity index (χ4n) is 0. The zero-order valence-electron chi connectivity index (χ0n) is 2.06. The molecule has 5 heavy (non-hydrogen) atoms. The van der Waals surface area contributed by atoms with Crippen LogP contribution < -0.4 is 0 Å². The van der Waals surface area contributed by atoms with Gasteiger partial charge >= 0.3 is 0 Å². The second-order valence-electron chi connectivity index (χ2n) is 0.295. The van der Waals surface area contributed by atoms with Gasteiger partial charge in [0.1, 0.15) is 16.3 Å². The molecule has 0 aromatic heterocycles. The third-order valence-electron chi connectivity index (χ3n) is 0.0569. The normalized spacial score (nSPS) is 15.0. The van der Waals surface area contributed by atoms with Crippen LogP contribution in [0.15, 0.2) is 0 Å². The highest BCUT2D eigenvalue weighted by molar-refractivity contribution is 14.2. The van der Waals surface area contributed by atoms with E-state index in [1.54, 1.807) is 22.0 Å². The minimum atomic E-state index is -1.21. The molecule has 0 rings (SSSR count). The number of hydrogen-bond acceptors (Lipinski definition) is 2. The van der Waals surface area contributed by atoms with Crippen LogP contribution >= 0.6 is 44.3 Å². The molecule has 0 amide bonds. The molecule has 0 radical (unpaired) electrons. The first-order valence-corrected chi connectivity index (χ1v) is 5.35. The largest absolute Gasteiger partial charge is 0.342 e. The van der Waals surface area contributed by atoms with Crippen LogP contribution in [0, 0.1) is 0 Å². The Labute approximate surface area is 52.8 Å². The third kappa shape index (κ3) is 5.56. The fraction of sp³-hybridized carbons (Fsp3) is 0. The maximum Gasteiger partial charge on any atom is 0.249 e. The summed E-state index contributed by atoms with van der Waals surface area (Å²) >= 11 is 4.34. The molecular weight excluding hydrogens is 270 g/mol. The first kappa shape index (κ1) is 6.56. The van der Waals surface area contributed by atoms with Gasteiger partial charge in [0.05, 0.1) is 0 Å². The quantitative estimate of drug-likeness (QED) is 0.583. The van der Waals surface area contributed by atoms with Gasteiger partial charge in [-0.15, -0.1) is 0 Å². The molecule has 0 aliphatic carbocycles. The summed E-state index contributed by atoms with van der Waals surface area (Å²) < 4.78 is 4.17. The van der Waals surface area contributed by atoms with E-state index in [-0.39, 0.29) is 0 Å². The molecular formula is HBrIO2P. The van der Waals surface area contributed by atoms with Gasteiger partial charge in [0.25, 0.3) is 0 Å². The summed E-state index contributed by atoms with van der Waals surface area (Å²) in [6, 6.07) is -1.21. The summed E-state index contributed by atoms with van der Waals surface area (Å²) in [5.74, 6) is 0. The Balaban J connectivity index is 2.54. The molecule has 1 atom stereocenters. The van der Waals surface area contributed by atoms with Crippen molar-refractivity contribution in [2.75, 3.05) is 0 Å². The molecule has 0 bridgehead atoms. The standard InChI is InChI=1S/BrHIO2P/c1-4-5(2)3/h3H. The van der Waals surface area contributed by atoms with Gasteiger partial charge in [-0.1, -0.05) is 0 Å². The molecule has 0 saturated heterocycles. The van der Waals surface area contributed by atoms with Gasteiger partial charge in [0, 0.05) is 22.0 Å². The molecule has 0 saturated carbocycles. The number of hydrogen-bond donors (Lipinski definition) is 1. The Morgan fingerprint density at radius 3 is 2.20 bits per heavy atom. The molecule has 0 aliphatic heterocycles. The maximum atomic E-state index is 8.14. The van der Waals surface area contributed by atoms with Crippen molar-refractivity contribution in [3.05, 3.63) is 0 Å². The third-order valence-corrected chi connectivity index (χ3v) is 3.21. The highest BCUT2D eigenvalue weighted by Gasteiger charge is 1.88. The van der Waals surface area contributed by atoms with Crippen LogP contribution in [0.4, 0.5) is 0 Å². The molecule has 0 aliphatic rings. The summed E-state index contributed by atoms with van der Waals surface area (Å²) in [5, 5.41) is 0. The van der Waals surface area contributed by atoms with Crippen molar-refractivity contribution in [3.8, 4) is 0 Å². The zero-order chi connectivity index (χ0) is 4.28. The van der Waals surface area contributed by atoms with Crippen LogP contribution in [0.3, 0.4) is 0 Å². The van der Waals surface area contributed by atoms with Gasteiger partial charge in [0.2, 0.25) is 6.02 Å². The molecule has 0 spiro atoms. The monoisotopic (exact) mass is 270 g/mol. The van der Waals surface area contributed by atoms with E-state index in [1.165, 1.54) is 0 Å². The van der Waals surface area contributed by atoms with Gasteiger partial charge in [-0.3, -0.25) is 0 Å². The van der Waals surface area contributed by atoms with Crippen molar-refractivity contribution in [1.29, 1.82) is 0 Å². The Hall–Kier alpha value is 1.56. The molecule has 0 heterocycles. The average molecular weight is 271 g/mol. The molecule has 32 valence electrons. The summed E-state index contributed by atoms with van der Waals surface area (Å²) in [5.41, 5.74) is 0. The predicted molar refractivity (Wildman–Crippen MR) is 33.2 cm³/mol. The molecule has 2 nitrogen and oxygen atoms in total. The SMILES string of the molecule is OP(I)OBr. The van der Waals surface area contributed by atoms with Crippen molar-refractivity contribution < 1.29 is 8.51 Å². The van der Waals surface area contributed by atoms with Crippen LogP contribution in [0.1, 0.15) is 0 Å². The van der Waals surface area contributed by atoms with Crippen LogP contribution in [-0.4, -0.2) is 4.89 Å². The first-order chi connectivity index (χ1) is 2.27. The van der Waals surface area contributed by atoms with E-state index in [9.17, 15) is 0 Å². The Kier molecular flexibility index (Phi) is 4.91. The highest BCUT2D eigenvalue weighted by atomic mass is 127. The number of rotatable bonds is 1. The van der Waals surface area contributed by atoms with Gasteiger partial charge in [0.15, 0.2) is 0 Å². The van der Waals surface area contributed by atoms with Gasteiger partial charge in [-0.05, 0) is 0 Å². The molecule has 0 aromatic carbocycles. The highest BCUT2D eigenvalue weighted by Crippen LogP contribution is 2.42. The summed E-state index contributed by atoms with van der Waals surface area (Å²) in [4.78, 5) is 8.14. The lowest BCUT2D eigenvalue weighted by atomic mass is 15.9. The molecule has 0 aromatic rings. The summed E-state index contributed by atoms with van der Waals surface area (Å²) in [7, 11) is 0. The predicted octanol–water partition coefficient (Wildman–Crippen LogP) is 1.97. The van der Waals surface area contributed by atoms with Crippen LogP contribution in [0.2, 0.25) is 0 Å². The van der Waals surface area contributed by atoms with E-state index >= 15 is 0 Å². The maximum absolute atomic E-state index is 8.14. The fourth-order valence-corrected chi connectivity index (χ4v) is 0. The summed E-state index contributed by atoms with van der Waals surface area (Å²) in [6.45, 7) is 0.